The molecule has 0 amide bonds. The maximum Gasteiger partial charge on any atom is 0.119 e. The number of rotatable bonds is 4. The SMILES string of the molecule is C=CCC(C)(O)c1cccc(OC)c1. The molecule has 0 heterocycles. The summed E-state index contributed by atoms with van der Waals surface area (Å²) in [6.45, 7) is 5.39. The molecule has 0 aliphatic rings. The molecule has 0 fully saturated rings. The molecule has 1 N–H and O–H groups in total. The third kappa shape index (κ3) is 2.36. The molecule has 1 unspecified atom stereocenters. The van der Waals surface area contributed by atoms with Crippen molar-refractivity contribution in [2.24, 2.45) is 0 Å². The Morgan fingerprint density at radius 1 is 1.57 bits per heavy atom. The lowest BCUT2D eigenvalue weighted by atomic mass is 9.92. The van der Waals surface area contributed by atoms with Crippen molar-refractivity contribution in [3.63, 3.8) is 0 Å². The normalized spacial score (nSPS) is 14.5. The molecule has 0 saturated carbocycles. The first-order chi connectivity index (χ1) is 6.60. The average Bonchev–Trinajstić information content (AvgIpc) is 2.18. The molecule has 2 heteroatoms. The summed E-state index contributed by atoms with van der Waals surface area (Å²) in [5.74, 6) is 0.756. The van der Waals surface area contributed by atoms with Crippen molar-refractivity contribution in [3.05, 3.63) is 42.5 Å². The minimum Gasteiger partial charge on any atom is -0.497 e. The molecular formula is C12H16O2. The zero-order valence-electron chi connectivity index (χ0n) is 8.66. The van der Waals surface area contributed by atoms with E-state index in [1.807, 2.05) is 24.3 Å². The van der Waals surface area contributed by atoms with Gasteiger partial charge in [-0.1, -0.05) is 18.2 Å². The molecule has 14 heavy (non-hydrogen) atoms. The van der Waals surface area contributed by atoms with Gasteiger partial charge in [-0.3, -0.25) is 0 Å². The van der Waals surface area contributed by atoms with E-state index >= 15 is 0 Å². The third-order valence-electron chi connectivity index (χ3n) is 2.23. The summed E-state index contributed by atoms with van der Waals surface area (Å²) in [5.41, 5.74) is -0.0206. The molecular weight excluding hydrogens is 176 g/mol. The van der Waals surface area contributed by atoms with Crippen LogP contribution in [0, 0.1) is 0 Å². The fraction of sp³-hybridized carbons (Fsp3) is 0.333. The van der Waals surface area contributed by atoms with E-state index in [0.29, 0.717) is 6.42 Å². The summed E-state index contributed by atoms with van der Waals surface area (Å²) in [5, 5.41) is 10.1. The summed E-state index contributed by atoms with van der Waals surface area (Å²) in [6, 6.07) is 7.44. The second-order valence-corrected chi connectivity index (χ2v) is 3.50. The topological polar surface area (TPSA) is 29.5 Å². The molecule has 2 nitrogen and oxygen atoms in total. The second kappa shape index (κ2) is 4.29. The highest BCUT2D eigenvalue weighted by molar-refractivity contribution is 5.32. The van der Waals surface area contributed by atoms with Gasteiger partial charge in [0.2, 0.25) is 0 Å². The van der Waals surface area contributed by atoms with Crippen molar-refractivity contribution in [3.8, 4) is 5.75 Å². The summed E-state index contributed by atoms with van der Waals surface area (Å²) < 4.78 is 5.09. The van der Waals surface area contributed by atoms with Crippen LogP contribution in [0.3, 0.4) is 0 Å². The van der Waals surface area contributed by atoms with Gasteiger partial charge in [-0.2, -0.15) is 0 Å². The van der Waals surface area contributed by atoms with Crippen molar-refractivity contribution in [1.82, 2.24) is 0 Å². The number of ether oxygens (including phenoxy) is 1. The molecule has 1 aromatic carbocycles. The Hall–Kier alpha value is -1.28. The van der Waals surface area contributed by atoms with Crippen LogP contribution >= 0.6 is 0 Å². The van der Waals surface area contributed by atoms with Gasteiger partial charge < -0.3 is 9.84 Å². The Kier molecular flexibility index (Phi) is 3.31. The average molecular weight is 192 g/mol. The molecule has 1 rings (SSSR count). The lowest BCUT2D eigenvalue weighted by Gasteiger charge is -2.22. The van der Waals surface area contributed by atoms with Crippen LogP contribution in [-0.2, 0) is 5.60 Å². The van der Waals surface area contributed by atoms with Gasteiger partial charge in [0.25, 0.3) is 0 Å². The highest BCUT2D eigenvalue weighted by atomic mass is 16.5. The Morgan fingerprint density at radius 3 is 2.86 bits per heavy atom. The smallest absolute Gasteiger partial charge is 0.119 e. The van der Waals surface area contributed by atoms with Crippen molar-refractivity contribution in [2.45, 2.75) is 18.9 Å². The molecule has 0 radical (unpaired) electrons. The summed E-state index contributed by atoms with van der Waals surface area (Å²) in [6.07, 6.45) is 2.24. The standard InChI is InChI=1S/C12H16O2/c1-4-8-12(2,13)10-6-5-7-11(9-10)14-3/h4-7,9,13H,1,8H2,2-3H3. The van der Waals surface area contributed by atoms with Crippen LogP contribution in [0.5, 0.6) is 5.75 Å². The molecule has 0 aliphatic carbocycles. The number of hydrogen-bond acceptors (Lipinski definition) is 2. The van der Waals surface area contributed by atoms with Gasteiger partial charge in [0.15, 0.2) is 0 Å². The van der Waals surface area contributed by atoms with Crippen molar-refractivity contribution in [1.29, 1.82) is 0 Å². The Labute approximate surface area is 84.8 Å². The van der Waals surface area contributed by atoms with Gasteiger partial charge in [-0.25, -0.2) is 0 Å². The molecule has 0 saturated heterocycles. The highest BCUT2D eigenvalue weighted by Crippen LogP contribution is 2.27. The molecule has 76 valence electrons. The minimum absolute atomic E-state index is 0.528. The molecule has 0 bridgehead atoms. The van der Waals surface area contributed by atoms with E-state index in [1.54, 1.807) is 20.1 Å². The summed E-state index contributed by atoms with van der Waals surface area (Å²) in [4.78, 5) is 0. The molecule has 0 aliphatic heterocycles. The van der Waals surface area contributed by atoms with Crippen LogP contribution in [0.15, 0.2) is 36.9 Å². The Bertz CT molecular complexity index is 316. The quantitative estimate of drug-likeness (QED) is 0.743. The van der Waals surface area contributed by atoms with E-state index < -0.39 is 5.60 Å². The van der Waals surface area contributed by atoms with Crippen LogP contribution in [0.4, 0.5) is 0 Å². The predicted octanol–water partition coefficient (Wildman–Crippen LogP) is 2.48. The van der Waals surface area contributed by atoms with Crippen LogP contribution in [-0.4, -0.2) is 12.2 Å². The van der Waals surface area contributed by atoms with E-state index in [2.05, 4.69) is 6.58 Å². The highest BCUT2D eigenvalue weighted by Gasteiger charge is 2.21. The van der Waals surface area contributed by atoms with E-state index in [1.165, 1.54) is 0 Å². The Balaban J connectivity index is 2.99. The number of methoxy groups -OCH3 is 1. The van der Waals surface area contributed by atoms with Gasteiger partial charge in [0, 0.05) is 0 Å². The predicted molar refractivity (Wildman–Crippen MR) is 57.4 cm³/mol. The zero-order chi connectivity index (χ0) is 10.6. The third-order valence-corrected chi connectivity index (χ3v) is 2.23. The van der Waals surface area contributed by atoms with Crippen LogP contribution in [0.2, 0.25) is 0 Å². The fourth-order valence-electron chi connectivity index (χ4n) is 1.36. The van der Waals surface area contributed by atoms with Gasteiger partial charge in [0.1, 0.15) is 5.75 Å². The van der Waals surface area contributed by atoms with Gasteiger partial charge in [-0.05, 0) is 31.0 Å². The minimum atomic E-state index is -0.865. The van der Waals surface area contributed by atoms with Crippen molar-refractivity contribution >= 4 is 0 Å². The zero-order valence-corrected chi connectivity index (χ0v) is 8.66. The summed E-state index contributed by atoms with van der Waals surface area (Å²) in [7, 11) is 1.61. The van der Waals surface area contributed by atoms with E-state index in [4.69, 9.17) is 4.74 Å². The van der Waals surface area contributed by atoms with E-state index in [-0.39, 0.29) is 0 Å². The lowest BCUT2D eigenvalue weighted by molar-refractivity contribution is 0.0604. The van der Waals surface area contributed by atoms with Gasteiger partial charge >= 0.3 is 0 Å². The van der Waals surface area contributed by atoms with Crippen molar-refractivity contribution in [2.75, 3.05) is 7.11 Å². The van der Waals surface area contributed by atoms with E-state index in [0.717, 1.165) is 11.3 Å². The van der Waals surface area contributed by atoms with Crippen LogP contribution in [0.25, 0.3) is 0 Å². The maximum absolute atomic E-state index is 10.1. The first-order valence-corrected chi connectivity index (χ1v) is 4.58. The van der Waals surface area contributed by atoms with Crippen LogP contribution in [0.1, 0.15) is 18.9 Å². The second-order valence-electron chi connectivity index (χ2n) is 3.50. The largest absolute Gasteiger partial charge is 0.497 e. The lowest BCUT2D eigenvalue weighted by Crippen LogP contribution is -2.19. The maximum atomic E-state index is 10.1. The summed E-state index contributed by atoms with van der Waals surface area (Å²) >= 11 is 0. The van der Waals surface area contributed by atoms with Crippen LogP contribution < -0.4 is 4.74 Å². The number of benzene rings is 1. The van der Waals surface area contributed by atoms with E-state index in [9.17, 15) is 5.11 Å². The molecule has 0 spiro atoms. The monoisotopic (exact) mass is 192 g/mol. The number of aliphatic hydroxyl groups is 1. The fourth-order valence-corrected chi connectivity index (χ4v) is 1.36. The first-order valence-electron chi connectivity index (χ1n) is 4.58. The molecule has 0 aromatic heterocycles. The van der Waals surface area contributed by atoms with Crippen molar-refractivity contribution < 1.29 is 9.84 Å². The van der Waals surface area contributed by atoms with Gasteiger partial charge in [0.05, 0.1) is 12.7 Å². The molecule has 1 atom stereocenters. The Morgan fingerprint density at radius 2 is 2.29 bits per heavy atom. The molecule has 1 aromatic rings. The first kappa shape index (κ1) is 10.8. The van der Waals surface area contributed by atoms with Gasteiger partial charge in [-0.15, -0.1) is 6.58 Å². The number of hydrogen-bond donors (Lipinski definition) is 1.